The number of carbonyl (C=O) groups is 2. The topological polar surface area (TPSA) is 72.0 Å². The molecule has 0 spiro atoms. The molecule has 0 unspecified atom stereocenters. The van der Waals surface area contributed by atoms with E-state index in [1.807, 2.05) is 32.6 Å². The van der Waals surface area contributed by atoms with Crippen molar-refractivity contribution >= 4 is 29.5 Å². The van der Waals surface area contributed by atoms with Crippen LogP contribution < -0.4 is 4.90 Å². The lowest BCUT2D eigenvalue weighted by Gasteiger charge is -2.42. The molecule has 0 saturated carbocycles. The summed E-state index contributed by atoms with van der Waals surface area (Å²) in [4.78, 5) is 32.1. The SMILES string of the molecule is CC[C@H]1CN(c2ncc(C(=O)OC)cc2Cl)CCN1C(=O)OC(C)(C)C. The van der Waals surface area contributed by atoms with Crippen molar-refractivity contribution in [1.82, 2.24) is 9.88 Å². The van der Waals surface area contributed by atoms with Crippen molar-refractivity contribution in [2.24, 2.45) is 0 Å². The summed E-state index contributed by atoms with van der Waals surface area (Å²) in [6, 6.07) is 1.55. The molecule has 1 fully saturated rings. The summed E-state index contributed by atoms with van der Waals surface area (Å²) in [6.07, 6.45) is 1.94. The first-order valence-corrected chi connectivity index (χ1v) is 9.02. The summed E-state index contributed by atoms with van der Waals surface area (Å²) in [7, 11) is 1.31. The molecular weight excluding hydrogens is 358 g/mol. The van der Waals surface area contributed by atoms with Crippen LogP contribution in [0.25, 0.3) is 0 Å². The molecule has 1 amide bonds. The highest BCUT2D eigenvalue weighted by atomic mass is 35.5. The van der Waals surface area contributed by atoms with Crippen LogP contribution in [0, 0.1) is 0 Å². The Kier molecular flexibility index (Phi) is 6.34. The molecule has 8 heteroatoms. The molecule has 1 aromatic heterocycles. The molecule has 1 aromatic rings. The van der Waals surface area contributed by atoms with Crippen LogP contribution in [0.4, 0.5) is 10.6 Å². The Bertz CT molecular complexity index is 675. The standard InChI is InChI=1S/C18H26ClN3O4/c1-6-13-11-21(7-8-22(13)17(24)26-18(2,3)4)15-14(19)9-12(10-20-15)16(23)25-5/h9-10,13H,6-8,11H2,1-5H3/t13-/m0/s1. The Morgan fingerprint density at radius 1 is 1.35 bits per heavy atom. The molecule has 0 aliphatic carbocycles. The van der Waals surface area contributed by atoms with Crippen molar-refractivity contribution in [3.8, 4) is 0 Å². The molecule has 0 aromatic carbocycles. The third kappa shape index (κ3) is 4.78. The summed E-state index contributed by atoms with van der Waals surface area (Å²) in [5, 5.41) is 0.383. The van der Waals surface area contributed by atoms with E-state index in [4.69, 9.17) is 16.3 Å². The molecule has 0 bridgehead atoms. The van der Waals surface area contributed by atoms with Gasteiger partial charge >= 0.3 is 12.1 Å². The lowest BCUT2D eigenvalue weighted by atomic mass is 10.1. The molecule has 2 heterocycles. The molecule has 7 nitrogen and oxygen atoms in total. The van der Waals surface area contributed by atoms with Gasteiger partial charge in [0.15, 0.2) is 0 Å². The maximum atomic E-state index is 12.4. The average Bonchev–Trinajstić information content (AvgIpc) is 2.58. The van der Waals surface area contributed by atoms with E-state index in [1.54, 1.807) is 11.0 Å². The van der Waals surface area contributed by atoms with Crippen LogP contribution >= 0.6 is 11.6 Å². The number of halogens is 1. The van der Waals surface area contributed by atoms with Gasteiger partial charge in [0, 0.05) is 25.8 Å². The van der Waals surface area contributed by atoms with Gasteiger partial charge in [-0.05, 0) is 33.3 Å². The number of piperazine rings is 1. The van der Waals surface area contributed by atoms with Gasteiger partial charge in [0.25, 0.3) is 0 Å². The highest BCUT2D eigenvalue weighted by molar-refractivity contribution is 6.33. The number of esters is 1. The van der Waals surface area contributed by atoms with E-state index >= 15 is 0 Å². The maximum Gasteiger partial charge on any atom is 0.410 e. The normalized spacial score (nSPS) is 17.8. The van der Waals surface area contributed by atoms with Gasteiger partial charge in [-0.3, -0.25) is 0 Å². The fraction of sp³-hybridized carbons (Fsp3) is 0.611. The third-order valence-corrected chi connectivity index (χ3v) is 4.40. The molecule has 26 heavy (non-hydrogen) atoms. The Morgan fingerprint density at radius 3 is 2.58 bits per heavy atom. The lowest BCUT2D eigenvalue weighted by molar-refractivity contribution is 0.0136. The second-order valence-corrected chi connectivity index (χ2v) is 7.61. The van der Waals surface area contributed by atoms with E-state index in [9.17, 15) is 9.59 Å². The Labute approximate surface area is 159 Å². The van der Waals surface area contributed by atoms with Crippen LogP contribution in [0.2, 0.25) is 5.02 Å². The van der Waals surface area contributed by atoms with Crippen molar-refractivity contribution in [1.29, 1.82) is 0 Å². The van der Waals surface area contributed by atoms with Crippen LogP contribution in [0.5, 0.6) is 0 Å². The maximum absolute atomic E-state index is 12.4. The van der Waals surface area contributed by atoms with Crippen molar-refractivity contribution in [2.75, 3.05) is 31.6 Å². The number of hydrogen-bond donors (Lipinski definition) is 0. The fourth-order valence-corrected chi connectivity index (χ4v) is 3.14. The number of rotatable bonds is 3. The van der Waals surface area contributed by atoms with E-state index in [-0.39, 0.29) is 12.1 Å². The number of amides is 1. The van der Waals surface area contributed by atoms with E-state index in [0.29, 0.717) is 36.0 Å². The average molecular weight is 384 g/mol. The molecular formula is C18H26ClN3O4. The number of methoxy groups -OCH3 is 1. The number of ether oxygens (including phenoxy) is 2. The minimum absolute atomic E-state index is 0.00301. The molecule has 1 atom stereocenters. The van der Waals surface area contributed by atoms with Gasteiger partial charge in [-0.1, -0.05) is 18.5 Å². The summed E-state index contributed by atoms with van der Waals surface area (Å²) in [5.74, 6) is 0.119. The van der Waals surface area contributed by atoms with Gasteiger partial charge in [0.05, 0.1) is 23.7 Å². The van der Waals surface area contributed by atoms with Crippen LogP contribution in [-0.4, -0.2) is 60.3 Å². The zero-order chi connectivity index (χ0) is 19.5. The fourth-order valence-electron chi connectivity index (χ4n) is 2.85. The van der Waals surface area contributed by atoms with Gasteiger partial charge in [-0.15, -0.1) is 0 Å². The van der Waals surface area contributed by atoms with Crippen molar-refractivity contribution in [2.45, 2.75) is 45.8 Å². The molecule has 144 valence electrons. The van der Waals surface area contributed by atoms with Crippen molar-refractivity contribution in [3.05, 3.63) is 22.8 Å². The minimum Gasteiger partial charge on any atom is -0.465 e. The van der Waals surface area contributed by atoms with Crippen LogP contribution in [0.15, 0.2) is 12.3 Å². The molecule has 1 aliphatic rings. The largest absolute Gasteiger partial charge is 0.465 e. The number of anilines is 1. The van der Waals surface area contributed by atoms with Crippen LogP contribution in [0.3, 0.4) is 0 Å². The Balaban J connectivity index is 2.13. The second kappa shape index (κ2) is 8.12. The summed E-state index contributed by atoms with van der Waals surface area (Å²) in [6.45, 7) is 9.29. The van der Waals surface area contributed by atoms with Gasteiger partial charge in [0.1, 0.15) is 11.4 Å². The number of hydrogen-bond acceptors (Lipinski definition) is 6. The number of aromatic nitrogens is 1. The van der Waals surface area contributed by atoms with E-state index in [0.717, 1.165) is 6.42 Å². The van der Waals surface area contributed by atoms with E-state index in [2.05, 4.69) is 9.72 Å². The summed E-state index contributed by atoms with van der Waals surface area (Å²) >= 11 is 6.32. The zero-order valence-corrected chi connectivity index (χ0v) is 16.7. The van der Waals surface area contributed by atoms with Gasteiger partial charge < -0.3 is 19.3 Å². The number of carbonyl (C=O) groups excluding carboxylic acids is 2. The van der Waals surface area contributed by atoms with Crippen molar-refractivity contribution in [3.63, 3.8) is 0 Å². The smallest absolute Gasteiger partial charge is 0.410 e. The van der Waals surface area contributed by atoms with Gasteiger partial charge in [0.2, 0.25) is 0 Å². The van der Waals surface area contributed by atoms with Crippen LogP contribution in [-0.2, 0) is 9.47 Å². The summed E-state index contributed by atoms with van der Waals surface area (Å²) in [5.41, 5.74) is -0.221. The number of pyridine rings is 1. The molecule has 0 radical (unpaired) electrons. The van der Waals surface area contributed by atoms with E-state index in [1.165, 1.54) is 13.3 Å². The molecule has 1 aliphatic heterocycles. The highest BCUT2D eigenvalue weighted by Crippen LogP contribution is 2.28. The van der Waals surface area contributed by atoms with Gasteiger partial charge in [-0.2, -0.15) is 0 Å². The highest BCUT2D eigenvalue weighted by Gasteiger charge is 2.33. The molecule has 0 N–H and O–H groups in total. The monoisotopic (exact) mass is 383 g/mol. The Morgan fingerprint density at radius 2 is 2.04 bits per heavy atom. The zero-order valence-electron chi connectivity index (χ0n) is 15.9. The van der Waals surface area contributed by atoms with E-state index < -0.39 is 11.6 Å². The first-order chi connectivity index (χ1) is 12.2. The predicted molar refractivity (Wildman–Crippen MR) is 99.8 cm³/mol. The van der Waals surface area contributed by atoms with Crippen LogP contribution in [0.1, 0.15) is 44.5 Å². The third-order valence-electron chi connectivity index (χ3n) is 4.12. The molecule has 1 saturated heterocycles. The number of nitrogens with zero attached hydrogens (tertiary/aromatic N) is 3. The van der Waals surface area contributed by atoms with Crippen molar-refractivity contribution < 1.29 is 19.1 Å². The summed E-state index contributed by atoms with van der Waals surface area (Å²) < 4.78 is 10.2. The predicted octanol–water partition coefficient (Wildman–Crippen LogP) is 3.36. The first kappa shape index (κ1) is 20.3. The Hall–Kier alpha value is -2.02. The second-order valence-electron chi connectivity index (χ2n) is 7.20. The lowest BCUT2D eigenvalue weighted by Crippen LogP contribution is -2.56. The minimum atomic E-state index is -0.527. The van der Waals surface area contributed by atoms with Gasteiger partial charge in [-0.25, -0.2) is 14.6 Å². The first-order valence-electron chi connectivity index (χ1n) is 8.64. The quantitative estimate of drug-likeness (QED) is 0.745. The molecule has 2 rings (SSSR count).